The number of rotatable bonds is 14. The molecule has 2 aromatic heterocycles. The molecule has 0 bridgehead atoms. The summed E-state index contributed by atoms with van der Waals surface area (Å²) in [6.45, 7) is 12.4. The first-order valence-corrected chi connectivity index (χ1v) is 23.3. The number of esters is 2. The first-order valence-electron chi connectivity index (χ1n) is 23.3. The smallest absolute Gasteiger partial charge is 0.411 e. The third kappa shape index (κ3) is 10.8. The van der Waals surface area contributed by atoms with Gasteiger partial charge in [-0.15, -0.1) is 0 Å². The number of hydrogen-bond donors (Lipinski definition) is 0. The first kappa shape index (κ1) is 51.0. The zero-order chi connectivity index (χ0) is 48.8. The average molecular weight is 930 g/mol. The number of aldehydes is 1. The molecule has 0 spiro atoms. The van der Waals surface area contributed by atoms with Gasteiger partial charge in [-0.25, -0.2) is 14.6 Å². The molecule has 3 aliphatic rings. The Labute approximate surface area is 393 Å². The molecule has 0 radical (unpaired) electrons. The maximum absolute atomic E-state index is 14.9. The molecule has 0 saturated carbocycles. The zero-order valence-corrected chi connectivity index (χ0v) is 40.4. The molecule has 3 aliphatic heterocycles. The van der Waals surface area contributed by atoms with Gasteiger partial charge < -0.3 is 37.9 Å². The van der Waals surface area contributed by atoms with Gasteiger partial charge in [0.1, 0.15) is 11.7 Å². The van der Waals surface area contributed by atoms with Crippen molar-refractivity contribution >= 4 is 35.9 Å². The van der Waals surface area contributed by atoms with Crippen LogP contribution in [-0.2, 0) is 54.1 Å². The number of Topliss-reactive ketones (excluding diaryl/α,β-unsaturated/α-hetero) is 2. The van der Waals surface area contributed by atoms with Crippen molar-refractivity contribution in [3.63, 3.8) is 0 Å². The van der Waals surface area contributed by atoms with Crippen LogP contribution in [0.1, 0.15) is 90.9 Å². The normalized spacial score (nSPS) is 33.1. The number of unbranched alkanes of at least 4 members (excludes halogenated alkanes) is 1. The number of imidazole rings is 1. The van der Waals surface area contributed by atoms with Gasteiger partial charge in [0.05, 0.1) is 47.5 Å². The lowest BCUT2D eigenvalue weighted by Gasteiger charge is -2.47. The van der Waals surface area contributed by atoms with Crippen molar-refractivity contribution in [2.24, 2.45) is 23.7 Å². The molecule has 1 aromatic carbocycles. The SMILES string of the molecule is CC[C@H]1OC(=O)[C@H](C)C(=O)[C@H](C)[C@@H](O[C@@H]2O[C@H](C)C[C@H](N(C)C)[C@H]2OC(=O)c2ccccc2)[C@](C)(OC)C[C@@H](C)C(=O)[C@H](C)[C@H]2N(CCCCn3cnc(-c4cccnc4)c3)C(=O)O[C@]12C=O. The molecule has 6 rings (SSSR count). The lowest BCUT2D eigenvalue weighted by molar-refractivity contribution is -0.294. The van der Waals surface area contributed by atoms with Crippen LogP contribution in [0, 0.1) is 23.7 Å². The van der Waals surface area contributed by atoms with E-state index in [1.165, 1.54) is 18.9 Å². The number of benzene rings is 1. The Kier molecular flexibility index (Phi) is 16.6. The number of ether oxygens (including phenoxy) is 6. The number of methoxy groups -OCH3 is 1. The molecule has 67 heavy (non-hydrogen) atoms. The van der Waals surface area contributed by atoms with Gasteiger partial charge in [-0.1, -0.05) is 45.9 Å². The van der Waals surface area contributed by atoms with Crippen LogP contribution in [0.5, 0.6) is 0 Å². The average Bonchev–Trinajstić information content (AvgIpc) is 3.92. The third-order valence-corrected chi connectivity index (χ3v) is 13.9. The number of amides is 1. The van der Waals surface area contributed by atoms with Gasteiger partial charge >= 0.3 is 18.0 Å². The van der Waals surface area contributed by atoms with Crippen molar-refractivity contribution in [3.05, 3.63) is 72.9 Å². The Morgan fingerprint density at radius 2 is 1.69 bits per heavy atom. The number of cyclic esters (lactones) is 1. The number of aryl methyl sites for hydroxylation is 1. The van der Waals surface area contributed by atoms with Crippen molar-refractivity contribution < 1.29 is 57.2 Å². The van der Waals surface area contributed by atoms with E-state index in [0.717, 1.165) is 11.3 Å². The second-order valence-corrected chi connectivity index (χ2v) is 18.9. The molecule has 13 atom stereocenters. The summed E-state index contributed by atoms with van der Waals surface area (Å²) in [4.78, 5) is 96.9. The van der Waals surface area contributed by atoms with Crippen LogP contribution in [0.15, 0.2) is 67.4 Å². The molecule has 0 unspecified atom stereocenters. The summed E-state index contributed by atoms with van der Waals surface area (Å²) in [5, 5.41) is 0. The lowest BCUT2D eigenvalue weighted by Crippen LogP contribution is -2.62. The largest absolute Gasteiger partial charge is 0.457 e. The Morgan fingerprint density at radius 3 is 2.33 bits per heavy atom. The van der Waals surface area contributed by atoms with Gasteiger partial charge in [-0.3, -0.25) is 29.1 Å². The number of carbonyl (C=O) groups excluding carboxylic acids is 6. The summed E-state index contributed by atoms with van der Waals surface area (Å²) >= 11 is 0. The number of pyridine rings is 1. The van der Waals surface area contributed by atoms with Gasteiger partial charge in [-0.2, -0.15) is 0 Å². The topological polar surface area (TPSA) is 195 Å². The summed E-state index contributed by atoms with van der Waals surface area (Å²) in [5.41, 5.74) is -1.51. The summed E-state index contributed by atoms with van der Waals surface area (Å²) in [6, 6.07) is 10.8. The lowest BCUT2D eigenvalue weighted by atomic mass is 9.73. The highest BCUT2D eigenvalue weighted by Crippen LogP contribution is 2.43. The minimum absolute atomic E-state index is 0.000394. The maximum atomic E-state index is 14.9. The number of aromatic nitrogens is 3. The standard InChI is InChI=1S/C50H67N5O12/c1-11-39-50(28-56)43(55(48(61)67-50)23-16-15-22-54-27-37(52-29-54)36-20-17-21-51-26-36)32(4)40(57)30(2)25-49(7,62-10)44(33(5)41(58)34(6)45(59)64-39)66-47-42(38(53(8)9)24-31(3)63-47)65-46(60)35-18-13-12-14-19-35/h12-14,17-21,26-34,38-39,42-44,47H,11,15-16,22-25H2,1-10H3/t30-,31-,32+,33+,34-,38+,39-,42-,43-,44-,47+,49-,50-/m1/s1. The van der Waals surface area contributed by atoms with Gasteiger partial charge in [0.15, 0.2) is 30.6 Å². The van der Waals surface area contributed by atoms with Crippen LogP contribution < -0.4 is 0 Å². The first-order chi connectivity index (χ1) is 31.9. The number of fused-ring (bicyclic) bond motifs is 1. The fourth-order valence-corrected chi connectivity index (χ4v) is 10.2. The number of ketones is 2. The molecule has 3 aromatic rings. The minimum atomic E-state index is -2.07. The highest BCUT2D eigenvalue weighted by Gasteiger charge is 2.63. The van der Waals surface area contributed by atoms with Crippen molar-refractivity contribution in [2.75, 3.05) is 27.7 Å². The Balaban J connectivity index is 1.32. The highest BCUT2D eigenvalue weighted by molar-refractivity contribution is 6.00. The van der Waals surface area contributed by atoms with E-state index in [-0.39, 0.29) is 37.3 Å². The molecule has 17 nitrogen and oxygen atoms in total. The number of nitrogens with zero attached hydrogens (tertiary/aromatic N) is 5. The van der Waals surface area contributed by atoms with Gasteiger partial charge in [0.25, 0.3) is 0 Å². The van der Waals surface area contributed by atoms with E-state index in [9.17, 15) is 28.8 Å². The van der Waals surface area contributed by atoms with Crippen molar-refractivity contribution in [1.82, 2.24) is 24.3 Å². The van der Waals surface area contributed by atoms with E-state index in [2.05, 4.69) is 9.97 Å². The molecule has 1 amide bonds. The molecule has 0 aliphatic carbocycles. The van der Waals surface area contributed by atoms with Crippen LogP contribution in [0.3, 0.4) is 0 Å². The molecule has 3 fully saturated rings. The zero-order valence-electron chi connectivity index (χ0n) is 40.4. The van der Waals surface area contributed by atoms with Gasteiger partial charge in [0, 0.05) is 62.1 Å². The third-order valence-electron chi connectivity index (χ3n) is 13.9. The molecule has 3 saturated heterocycles. The monoisotopic (exact) mass is 929 g/mol. The van der Waals surface area contributed by atoms with Gasteiger partial charge in [0.2, 0.25) is 5.60 Å². The fourth-order valence-electron chi connectivity index (χ4n) is 10.2. The highest BCUT2D eigenvalue weighted by atomic mass is 16.7. The maximum Gasteiger partial charge on any atom is 0.411 e. The summed E-state index contributed by atoms with van der Waals surface area (Å²) in [5.74, 6) is -6.73. The van der Waals surface area contributed by atoms with E-state index < -0.39 is 89.3 Å². The van der Waals surface area contributed by atoms with E-state index in [1.54, 1.807) is 83.7 Å². The molecular weight excluding hydrogens is 863 g/mol. The fraction of sp³-hybridized carbons (Fsp3) is 0.600. The van der Waals surface area contributed by atoms with Crippen molar-refractivity contribution in [2.45, 2.75) is 141 Å². The molecule has 0 N–H and O–H groups in total. The molecule has 17 heteroatoms. The molecular formula is C50H67N5O12. The van der Waals surface area contributed by atoms with Crippen LogP contribution in [-0.4, -0.2) is 142 Å². The van der Waals surface area contributed by atoms with E-state index in [4.69, 9.17) is 28.4 Å². The van der Waals surface area contributed by atoms with E-state index in [0.29, 0.717) is 37.7 Å². The van der Waals surface area contributed by atoms with Gasteiger partial charge in [-0.05, 0) is 91.2 Å². The number of likely N-dealkylation sites (N-methyl/N-ethyl adjacent to an activating group) is 1. The minimum Gasteiger partial charge on any atom is -0.457 e. The van der Waals surface area contributed by atoms with E-state index in [1.807, 2.05) is 48.8 Å². The van der Waals surface area contributed by atoms with Crippen LogP contribution in [0.25, 0.3) is 11.3 Å². The van der Waals surface area contributed by atoms with Crippen LogP contribution in [0.2, 0.25) is 0 Å². The molecule has 364 valence electrons. The van der Waals surface area contributed by atoms with Crippen molar-refractivity contribution in [3.8, 4) is 11.3 Å². The Morgan fingerprint density at radius 1 is 0.970 bits per heavy atom. The number of hydrogen-bond acceptors (Lipinski definition) is 15. The molecule has 5 heterocycles. The van der Waals surface area contributed by atoms with Crippen LogP contribution >= 0.6 is 0 Å². The quantitative estimate of drug-likeness (QED) is 0.0603. The summed E-state index contributed by atoms with van der Waals surface area (Å²) in [7, 11) is 5.19. The second kappa shape index (κ2) is 21.7. The predicted octanol–water partition coefficient (Wildman–Crippen LogP) is 5.97. The predicted molar refractivity (Wildman–Crippen MR) is 244 cm³/mol. The van der Waals surface area contributed by atoms with Crippen molar-refractivity contribution in [1.29, 1.82) is 0 Å². The van der Waals surface area contributed by atoms with Crippen LogP contribution in [0.4, 0.5) is 4.79 Å². The Bertz CT molecular complexity index is 2210. The van der Waals surface area contributed by atoms with E-state index >= 15 is 0 Å². The second-order valence-electron chi connectivity index (χ2n) is 18.9. The summed E-state index contributed by atoms with van der Waals surface area (Å²) in [6.07, 6.45) is 3.23. The number of carbonyl (C=O) groups is 6. The summed E-state index contributed by atoms with van der Waals surface area (Å²) < 4.78 is 39.8. The Hall–Kier alpha value is -5.36.